The Kier molecular flexibility index (Phi) is 5.57. The van der Waals surface area contributed by atoms with Gasteiger partial charge in [0.2, 0.25) is 5.89 Å². The highest BCUT2D eigenvalue weighted by Crippen LogP contribution is 2.42. The third-order valence-electron chi connectivity index (χ3n) is 6.98. The topological polar surface area (TPSA) is 59.2 Å². The van der Waals surface area contributed by atoms with Crippen molar-refractivity contribution < 1.29 is 9.52 Å². The Morgan fingerprint density at radius 2 is 1.46 bits per heavy atom. The molecular formula is C33H26N2O2. The Hall–Kier alpha value is -4.70. The van der Waals surface area contributed by atoms with Crippen LogP contribution in [0, 0.1) is 0 Å². The van der Waals surface area contributed by atoms with Gasteiger partial charge in [-0.15, -0.1) is 0 Å². The summed E-state index contributed by atoms with van der Waals surface area (Å²) in [4.78, 5) is 9.47. The molecule has 2 heterocycles. The van der Waals surface area contributed by atoms with Crippen molar-refractivity contribution in [3.8, 4) is 39.6 Å². The molecule has 4 heteroatoms. The van der Waals surface area contributed by atoms with Gasteiger partial charge in [0, 0.05) is 28.3 Å². The molecule has 0 fully saturated rings. The van der Waals surface area contributed by atoms with Gasteiger partial charge in [0.05, 0.1) is 11.3 Å². The number of phenols is 1. The molecule has 0 aliphatic heterocycles. The molecule has 1 N–H and O–H groups in total. The summed E-state index contributed by atoms with van der Waals surface area (Å²) in [6.45, 7) is 4.39. The summed E-state index contributed by atoms with van der Waals surface area (Å²) in [5.41, 5.74) is 7.86. The molecule has 6 rings (SSSR count). The number of fused-ring (bicyclic) bond motifs is 1. The third-order valence-corrected chi connectivity index (χ3v) is 6.98. The van der Waals surface area contributed by atoms with E-state index in [9.17, 15) is 5.11 Å². The fourth-order valence-corrected chi connectivity index (χ4v) is 4.89. The number of aromatic nitrogens is 2. The second kappa shape index (κ2) is 9.07. The highest BCUT2D eigenvalue weighted by molar-refractivity contribution is 5.95. The Bertz CT molecular complexity index is 1700. The van der Waals surface area contributed by atoms with Crippen LogP contribution in [0.15, 0.2) is 120 Å². The number of oxazole rings is 1. The molecule has 6 aromatic rings. The molecule has 0 atom stereocenters. The minimum absolute atomic E-state index is 0.136. The summed E-state index contributed by atoms with van der Waals surface area (Å²) in [7, 11) is 0. The maximum Gasteiger partial charge on any atom is 0.231 e. The maximum absolute atomic E-state index is 10.5. The minimum Gasteiger partial charge on any atom is -0.507 e. The van der Waals surface area contributed by atoms with Gasteiger partial charge < -0.3 is 9.52 Å². The van der Waals surface area contributed by atoms with Gasteiger partial charge in [-0.2, -0.15) is 0 Å². The first-order chi connectivity index (χ1) is 18.0. The number of hydrogen-bond acceptors (Lipinski definition) is 4. The van der Waals surface area contributed by atoms with Crippen LogP contribution in [0.25, 0.3) is 44.9 Å². The Morgan fingerprint density at radius 1 is 0.703 bits per heavy atom. The van der Waals surface area contributed by atoms with Crippen molar-refractivity contribution in [3.05, 3.63) is 127 Å². The predicted octanol–water partition coefficient (Wildman–Crippen LogP) is 8.26. The minimum atomic E-state index is -0.330. The zero-order valence-corrected chi connectivity index (χ0v) is 20.7. The zero-order chi connectivity index (χ0) is 25.4. The van der Waals surface area contributed by atoms with E-state index in [0.29, 0.717) is 17.0 Å². The van der Waals surface area contributed by atoms with Gasteiger partial charge >= 0.3 is 0 Å². The predicted molar refractivity (Wildman–Crippen MR) is 148 cm³/mol. The van der Waals surface area contributed by atoms with Crippen molar-refractivity contribution in [2.75, 3.05) is 0 Å². The average Bonchev–Trinajstić information content (AvgIpc) is 3.39. The van der Waals surface area contributed by atoms with E-state index < -0.39 is 0 Å². The number of para-hydroxylation sites is 1. The van der Waals surface area contributed by atoms with E-state index in [4.69, 9.17) is 9.40 Å². The van der Waals surface area contributed by atoms with Crippen LogP contribution in [0.3, 0.4) is 0 Å². The van der Waals surface area contributed by atoms with Crippen LogP contribution in [-0.2, 0) is 5.41 Å². The second-order valence-corrected chi connectivity index (χ2v) is 9.66. The first kappa shape index (κ1) is 22.7. The lowest BCUT2D eigenvalue weighted by molar-refractivity contribution is 0.474. The summed E-state index contributed by atoms with van der Waals surface area (Å²) in [5.74, 6) is 0.531. The number of hydrogen-bond donors (Lipinski definition) is 1. The van der Waals surface area contributed by atoms with Crippen LogP contribution >= 0.6 is 0 Å². The Balaban J connectivity index is 1.59. The van der Waals surface area contributed by atoms with E-state index in [1.54, 1.807) is 18.3 Å². The second-order valence-electron chi connectivity index (χ2n) is 9.66. The van der Waals surface area contributed by atoms with Crippen LogP contribution in [0.5, 0.6) is 5.75 Å². The molecular weight excluding hydrogens is 456 g/mol. The Morgan fingerprint density at radius 3 is 2.24 bits per heavy atom. The van der Waals surface area contributed by atoms with Gasteiger partial charge in [-0.05, 0) is 41.5 Å². The van der Waals surface area contributed by atoms with Gasteiger partial charge in [0.15, 0.2) is 5.58 Å². The molecule has 0 aliphatic carbocycles. The Labute approximate surface area is 215 Å². The molecule has 0 radical (unpaired) electrons. The van der Waals surface area contributed by atoms with E-state index in [1.807, 2.05) is 42.5 Å². The van der Waals surface area contributed by atoms with Crippen LogP contribution in [0.1, 0.15) is 25.0 Å². The van der Waals surface area contributed by atoms with E-state index in [-0.39, 0.29) is 11.2 Å². The number of pyridine rings is 1. The maximum atomic E-state index is 10.5. The lowest BCUT2D eigenvalue weighted by atomic mass is 9.77. The van der Waals surface area contributed by atoms with Crippen molar-refractivity contribution in [2.45, 2.75) is 19.3 Å². The van der Waals surface area contributed by atoms with E-state index in [0.717, 1.165) is 33.5 Å². The number of benzene rings is 4. The van der Waals surface area contributed by atoms with Crippen LogP contribution in [0.4, 0.5) is 0 Å². The van der Waals surface area contributed by atoms with Crippen LogP contribution in [0.2, 0.25) is 0 Å². The van der Waals surface area contributed by atoms with Gasteiger partial charge in [-0.1, -0.05) is 92.7 Å². The quantitative estimate of drug-likeness (QED) is 0.269. The van der Waals surface area contributed by atoms with Crippen molar-refractivity contribution in [3.63, 3.8) is 0 Å². The molecule has 0 saturated carbocycles. The molecule has 0 bridgehead atoms. The molecule has 0 saturated heterocycles. The van der Waals surface area contributed by atoms with E-state index >= 15 is 0 Å². The monoisotopic (exact) mass is 482 g/mol. The summed E-state index contributed by atoms with van der Waals surface area (Å²) >= 11 is 0. The van der Waals surface area contributed by atoms with Crippen molar-refractivity contribution in [1.29, 1.82) is 0 Å². The molecule has 2 aromatic heterocycles. The zero-order valence-electron chi connectivity index (χ0n) is 20.7. The average molecular weight is 483 g/mol. The summed E-state index contributed by atoms with van der Waals surface area (Å²) in [6.07, 6.45) is 1.80. The largest absolute Gasteiger partial charge is 0.507 e. The van der Waals surface area contributed by atoms with Crippen molar-refractivity contribution in [1.82, 2.24) is 9.97 Å². The first-order valence-electron chi connectivity index (χ1n) is 12.3. The molecule has 37 heavy (non-hydrogen) atoms. The normalized spacial score (nSPS) is 11.6. The van der Waals surface area contributed by atoms with E-state index in [1.165, 1.54) is 5.56 Å². The van der Waals surface area contributed by atoms with Gasteiger partial charge in [0.25, 0.3) is 0 Å². The lowest BCUT2D eigenvalue weighted by Crippen LogP contribution is -2.19. The lowest BCUT2D eigenvalue weighted by Gasteiger charge is -2.26. The van der Waals surface area contributed by atoms with Crippen LogP contribution in [-0.4, -0.2) is 15.1 Å². The van der Waals surface area contributed by atoms with Crippen LogP contribution < -0.4 is 0 Å². The van der Waals surface area contributed by atoms with Gasteiger partial charge in [-0.25, -0.2) is 4.98 Å². The highest BCUT2D eigenvalue weighted by Gasteiger charge is 2.29. The fourth-order valence-electron chi connectivity index (χ4n) is 4.89. The number of phenolic OH excluding ortho intramolecular Hbond substituents is 1. The van der Waals surface area contributed by atoms with Crippen molar-refractivity contribution in [2.24, 2.45) is 0 Å². The summed E-state index contributed by atoms with van der Waals surface area (Å²) in [6, 6.07) is 36.0. The molecule has 0 unspecified atom stereocenters. The number of nitrogens with zero attached hydrogens (tertiary/aromatic N) is 2. The van der Waals surface area contributed by atoms with Gasteiger partial charge in [0.1, 0.15) is 11.3 Å². The third kappa shape index (κ3) is 4.07. The van der Waals surface area contributed by atoms with Gasteiger partial charge in [-0.3, -0.25) is 4.98 Å². The number of aromatic hydroxyl groups is 1. The fraction of sp³-hybridized carbons (Fsp3) is 0.0909. The smallest absolute Gasteiger partial charge is 0.231 e. The standard InChI is InChI=1S/C33H26N2O2/c1-33(2,24-13-4-3-5-14-24)27-19-18-25(22-11-10-12-23(21-22)28-16-8-9-20-34-28)30-31(27)37-32(35-30)26-15-6-7-17-29(26)36/h3-21,36H,1-2H3. The molecule has 0 spiro atoms. The van der Waals surface area contributed by atoms with E-state index in [2.05, 4.69) is 73.4 Å². The highest BCUT2D eigenvalue weighted by atomic mass is 16.4. The molecule has 0 amide bonds. The SMILES string of the molecule is CC(C)(c1ccccc1)c1ccc(-c2cccc(-c3ccccn3)c2)c2nc(-c3ccccc3O)oc12. The molecule has 4 nitrogen and oxygen atoms in total. The molecule has 4 aromatic carbocycles. The van der Waals surface area contributed by atoms with Crippen molar-refractivity contribution >= 4 is 11.1 Å². The summed E-state index contributed by atoms with van der Waals surface area (Å²) in [5, 5.41) is 10.5. The molecule has 180 valence electrons. The first-order valence-corrected chi connectivity index (χ1v) is 12.3. The number of rotatable bonds is 5. The summed E-state index contributed by atoms with van der Waals surface area (Å²) < 4.78 is 6.47. The molecule has 0 aliphatic rings.